The van der Waals surface area contributed by atoms with E-state index >= 15 is 0 Å². The van der Waals surface area contributed by atoms with E-state index in [2.05, 4.69) is 15.3 Å². The Bertz CT molecular complexity index is 541. The van der Waals surface area contributed by atoms with E-state index in [1.165, 1.54) is 0 Å². The molecule has 0 amide bonds. The first kappa shape index (κ1) is 16.9. The van der Waals surface area contributed by atoms with E-state index in [4.69, 9.17) is 20.9 Å². The first-order valence-electron chi connectivity index (χ1n) is 6.33. The molecular formula is C13H20ClN5O2. The van der Waals surface area contributed by atoms with Gasteiger partial charge in [-0.15, -0.1) is 12.4 Å². The van der Waals surface area contributed by atoms with Crippen LogP contribution >= 0.6 is 12.4 Å². The fourth-order valence-electron chi connectivity index (χ4n) is 1.70. The van der Waals surface area contributed by atoms with E-state index in [0.717, 1.165) is 17.1 Å². The van der Waals surface area contributed by atoms with Gasteiger partial charge in [-0.25, -0.2) is 4.99 Å². The van der Waals surface area contributed by atoms with Crippen molar-refractivity contribution in [2.45, 2.75) is 26.4 Å². The molecule has 0 aromatic heterocycles. The average Bonchev–Trinajstić information content (AvgIpc) is 2.81. The number of nitrogens with zero attached hydrogens (tertiary/aromatic N) is 2. The molecule has 0 spiro atoms. The Labute approximate surface area is 129 Å². The number of halogens is 1. The topological polar surface area (TPSA) is 107 Å². The summed E-state index contributed by atoms with van der Waals surface area (Å²) < 4.78 is 10.6. The molecule has 0 radical (unpaired) electrons. The zero-order valence-electron chi connectivity index (χ0n) is 12.0. The van der Waals surface area contributed by atoms with E-state index in [1.54, 1.807) is 0 Å². The van der Waals surface area contributed by atoms with Gasteiger partial charge in [0.25, 0.3) is 0 Å². The van der Waals surface area contributed by atoms with E-state index in [0.29, 0.717) is 12.5 Å². The van der Waals surface area contributed by atoms with Crippen molar-refractivity contribution in [2.24, 2.45) is 21.5 Å². The second-order valence-corrected chi connectivity index (χ2v) is 4.66. The summed E-state index contributed by atoms with van der Waals surface area (Å²) in [6.07, 6.45) is 0. The number of nitrogens with one attached hydrogen (secondary N) is 1. The van der Waals surface area contributed by atoms with Crippen molar-refractivity contribution >= 4 is 24.3 Å². The summed E-state index contributed by atoms with van der Waals surface area (Å²) in [4.78, 5) is 8.32. The van der Waals surface area contributed by atoms with Crippen LogP contribution in [0.3, 0.4) is 0 Å². The summed E-state index contributed by atoms with van der Waals surface area (Å²) in [5, 5.41) is 3.08. The van der Waals surface area contributed by atoms with Gasteiger partial charge < -0.3 is 26.3 Å². The highest BCUT2D eigenvalue weighted by Gasteiger charge is 2.12. The second kappa shape index (κ2) is 7.58. The molecule has 0 bridgehead atoms. The Hall–Kier alpha value is -2.15. The third-order valence-electron chi connectivity index (χ3n) is 2.50. The van der Waals surface area contributed by atoms with Crippen LogP contribution in [-0.4, -0.2) is 24.8 Å². The van der Waals surface area contributed by atoms with Gasteiger partial charge in [0, 0.05) is 6.04 Å². The molecule has 1 aliphatic heterocycles. The van der Waals surface area contributed by atoms with Crippen molar-refractivity contribution in [2.75, 3.05) is 6.79 Å². The Morgan fingerprint density at radius 1 is 1.29 bits per heavy atom. The fourth-order valence-corrected chi connectivity index (χ4v) is 1.70. The SMILES string of the molecule is CC(C)NC(N=C(N)N)=NCc1ccc2c(c1)OCO2.Cl. The zero-order valence-corrected chi connectivity index (χ0v) is 12.8. The Kier molecular flexibility index (Phi) is 6.10. The molecule has 0 fully saturated rings. The third kappa shape index (κ3) is 5.03. The highest BCUT2D eigenvalue weighted by Crippen LogP contribution is 2.32. The van der Waals surface area contributed by atoms with Crippen molar-refractivity contribution in [3.63, 3.8) is 0 Å². The lowest BCUT2D eigenvalue weighted by Crippen LogP contribution is -2.33. The molecule has 0 saturated heterocycles. The Morgan fingerprint density at radius 2 is 2.00 bits per heavy atom. The van der Waals surface area contributed by atoms with E-state index < -0.39 is 0 Å². The molecule has 0 saturated carbocycles. The van der Waals surface area contributed by atoms with Crippen LogP contribution in [0.5, 0.6) is 11.5 Å². The van der Waals surface area contributed by atoms with Gasteiger partial charge in [0.2, 0.25) is 12.8 Å². The molecule has 7 nitrogen and oxygen atoms in total. The van der Waals surface area contributed by atoms with Crippen LogP contribution in [-0.2, 0) is 6.54 Å². The number of fused-ring (bicyclic) bond motifs is 1. The molecule has 5 N–H and O–H groups in total. The summed E-state index contributed by atoms with van der Waals surface area (Å²) in [6.45, 7) is 4.68. The highest BCUT2D eigenvalue weighted by atomic mass is 35.5. The molecule has 2 rings (SSSR count). The monoisotopic (exact) mass is 313 g/mol. The summed E-state index contributed by atoms with van der Waals surface area (Å²) in [5.41, 5.74) is 11.8. The normalized spacial score (nSPS) is 12.8. The third-order valence-corrected chi connectivity index (χ3v) is 2.50. The maximum absolute atomic E-state index is 5.38. The van der Waals surface area contributed by atoms with Gasteiger partial charge in [-0.1, -0.05) is 6.07 Å². The van der Waals surface area contributed by atoms with Crippen LogP contribution in [0, 0.1) is 0 Å². The first-order chi connectivity index (χ1) is 9.54. The van der Waals surface area contributed by atoms with Gasteiger partial charge in [0.15, 0.2) is 17.5 Å². The molecule has 1 heterocycles. The molecule has 1 aliphatic rings. The van der Waals surface area contributed by atoms with E-state index in [1.807, 2.05) is 32.0 Å². The fraction of sp³-hybridized carbons (Fsp3) is 0.385. The lowest BCUT2D eigenvalue weighted by atomic mass is 10.2. The number of nitrogens with two attached hydrogens (primary N) is 2. The van der Waals surface area contributed by atoms with E-state index in [9.17, 15) is 0 Å². The number of rotatable bonds is 3. The minimum absolute atomic E-state index is 0. The van der Waals surface area contributed by atoms with Gasteiger partial charge in [-0.3, -0.25) is 0 Å². The summed E-state index contributed by atoms with van der Waals surface area (Å²) in [5.74, 6) is 1.88. The largest absolute Gasteiger partial charge is 0.454 e. The Morgan fingerprint density at radius 3 is 2.67 bits per heavy atom. The van der Waals surface area contributed by atoms with Gasteiger partial charge in [-0.2, -0.15) is 4.99 Å². The number of guanidine groups is 2. The smallest absolute Gasteiger partial charge is 0.231 e. The van der Waals surface area contributed by atoms with Crippen LogP contribution < -0.4 is 26.3 Å². The second-order valence-electron chi connectivity index (χ2n) is 4.66. The molecule has 1 aromatic rings. The number of benzene rings is 1. The van der Waals surface area contributed by atoms with Crippen LogP contribution in [0.2, 0.25) is 0 Å². The minimum Gasteiger partial charge on any atom is -0.454 e. The van der Waals surface area contributed by atoms with Crippen molar-refractivity contribution in [3.8, 4) is 11.5 Å². The molecule has 0 unspecified atom stereocenters. The lowest BCUT2D eigenvalue weighted by molar-refractivity contribution is 0.174. The first-order valence-corrected chi connectivity index (χ1v) is 6.33. The highest BCUT2D eigenvalue weighted by molar-refractivity contribution is 5.93. The number of aliphatic imine (C=N–C) groups is 2. The molecule has 0 aliphatic carbocycles. The average molecular weight is 314 g/mol. The minimum atomic E-state index is -0.0254. The van der Waals surface area contributed by atoms with Gasteiger partial charge in [-0.05, 0) is 31.5 Å². The van der Waals surface area contributed by atoms with Crippen molar-refractivity contribution in [1.29, 1.82) is 0 Å². The summed E-state index contributed by atoms with van der Waals surface area (Å²) in [7, 11) is 0. The summed E-state index contributed by atoms with van der Waals surface area (Å²) >= 11 is 0. The predicted molar refractivity (Wildman–Crippen MR) is 85.0 cm³/mol. The number of hydrogen-bond acceptors (Lipinski definition) is 3. The van der Waals surface area contributed by atoms with Crippen LogP contribution in [0.1, 0.15) is 19.4 Å². The zero-order chi connectivity index (χ0) is 14.5. The van der Waals surface area contributed by atoms with Crippen LogP contribution in [0.15, 0.2) is 28.2 Å². The van der Waals surface area contributed by atoms with Crippen molar-refractivity contribution in [3.05, 3.63) is 23.8 Å². The van der Waals surface area contributed by atoms with Gasteiger partial charge in [0.05, 0.1) is 6.54 Å². The lowest BCUT2D eigenvalue weighted by Gasteiger charge is -2.09. The molecule has 1 aromatic carbocycles. The standard InChI is InChI=1S/C13H19N5O2.ClH/c1-8(2)17-13(18-12(14)15)16-6-9-3-4-10-11(5-9)20-7-19-10;/h3-5,8H,6-7H2,1-2H3,(H5,14,15,16,17,18);1H. The van der Waals surface area contributed by atoms with Crippen molar-refractivity contribution < 1.29 is 9.47 Å². The molecule has 21 heavy (non-hydrogen) atoms. The summed E-state index contributed by atoms with van der Waals surface area (Å²) in [6, 6.07) is 5.88. The Balaban J connectivity index is 0.00000220. The number of ether oxygens (including phenoxy) is 2. The van der Waals surface area contributed by atoms with Gasteiger partial charge >= 0.3 is 0 Å². The quantitative estimate of drug-likeness (QED) is 0.569. The van der Waals surface area contributed by atoms with Crippen molar-refractivity contribution in [1.82, 2.24) is 5.32 Å². The predicted octanol–water partition coefficient (Wildman–Crippen LogP) is 0.965. The van der Waals surface area contributed by atoms with E-state index in [-0.39, 0.29) is 31.2 Å². The van der Waals surface area contributed by atoms with Crippen LogP contribution in [0.4, 0.5) is 0 Å². The maximum atomic E-state index is 5.38. The maximum Gasteiger partial charge on any atom is 0.231 e. The molecular weight excluding hydrogens is 294 g/mol. The molecule has 8 heteroatoms. The molecule has 0 atom stereocenters. The molecule has 116 valence electrons. The van der Waals surface area contributed by atoms with Gasteiger partial charge in [0.1, 0.15) is 0 Å². The number of hydrogen-bond donors (Lipinski definition) is 3. The van der Waals surface area contributed by atoms with Crippen LogP contribution in [0.25, 0.3) is 0 Å².